The van der Waals surface area contributed by atoms with Crippen LogP contribution in [0.4, 0.5) is 18.9 Å². The second-order valence-corrected chi connectivity index (χ2v) is 4.78. The zero-order chi connectivity index (χ0) is 18.3. The summed E-state index contributed by atoms with van der Waals surface area (Å²) in [6.45, 7) is -2.00. The summed E-state index contributed by atoms with van der Waals surface area (Å²) >= 11 is 0. The molecule has 0 unspecified atom stereocenters. The molecule has 1 heterocycles. The number of esters is 1. The van der Waals surface area contributed by atoms with Gasteiger partial charge in [0, 0.05) is 18.0 Å². The maximum Gasteiger partial charge on any atom is 0.422 e. The van der Waals surface area contributed by atoms with E-state index in [1.165, 1.54) is 6.07 Å². The third-order valence-corrected chi connectivity index (χ3v) is 2.75. The van der Waals surface area contributed by atoms with Crippen molar-refractivity contribution in [2.45, 2.75) is 6.18 Å². The van der Waals surface area contributed by atoms with Crippen molar-refractivity contribution in [3.63, 3.8) is 0 Å². The molecular formula is C16H13F3N2O4. The van der Waals surface area contributed by atoms with Gasteiger partial charge in [-0.1, -0.05) is 18.2 Å². The monoisotopic (exact) mass is 354 g/mol. The van der Waals surface area contributed by atoms with Gasteiger partial charge >= 0.3 is 12.1 Å². The summed E-state index contributed by atoms with van der Waals surface area (Å²) in [4.78, 5) is 27.0. The molecule has 0 fully saturated rings. The van der Waals surface area contributed by atoms with Crippen molar-refractivity contribution >= 4 is 17.6 Å². The van der Waals surface area contributed by atoms with Gasteiger partial charge in [-0.2, -0.15) is 13.2 Å². The summed E-state index contributed by atoms with van der Waals surface area (Å²) in [6, 6.07) is 10.9. The first-order valence-electron chi connectivity index (χ1n) is 7.01. The number of hydrogen-bond acceptors (Lipinski definition) is 5. The molecule has 0 saturated carbocycles. The van der Waals surface area contributed by atoms with Crippen LogP contribution < -0.4 is 10.1 Å². The number of nitrogens with zero attached hydrogens (tertiary/aromatic N) is 1. The molecule has 6 nitrogen and oxygen atoms in total. The van der Waals surface area contributed by atoms with Gasteiger partial charge in [0.05, 0.1) is 5.56 Å². The SMILES string of the molecule is O=C(COC(=O)c1ccc(OCC(F)(F)F)nc1)Nc1ccccc1. The summed E-state index contributed by atoms with van der Waals surface area (Å²) < 4.78 is 45.3. The van der Waals surface area contributed by atoms with Crippen molar-refractivity contribution in [2.24, 2.45) is 0 Å². The van der Waals surface area contributed by atoms with Crippen molar-refractivity contribution < 1.29 is 32.2 Å². The fourth-order valence-corrected chi connectivity index (χ4v) is 1.68. The van der Waals surface area contributed by atoms with Crippen LogP contribution >= 0.6 is 0 Å². The topological polar surface area (TPSA) is 77.5 Å². The average molecular weight is 354 g/mol. The molecule has 0 aliphatic rings. The first-order valence-corrected chi connectivity index (χ1v) is 7.01. The highest BCUT2D eigenvalue weighted by molar-refractivity contribution is 5.95. The molecule has 1 amide bonds. The molecule has 1 aromatic heterocycles. The largest absolute Gasteiger partial charge is 0.468 e. The molecule has 0 bridgehead atoms. The molecule has 132 valence electrons. The lowest BCUT2D eigenvalue weighted by Crippen LogP contribution is -2.21. The number of pyridine rings is 1. The van der Waals surface area contributed by atoms with Crippen molar-refractivity contribution in [1.29, 1.82) is 0 Å². The number of aromatic nitrogens is 1. The fraction of sp³-hybridized carbons (Fsp3) is 0.188. The summed E-state index contributed by atoms with van der Waals surface area (Å²) in [5, 5.41) is 2.53. The predicted octanol–water partition coefficient (Wildman–Crippen LogP) is 2.82. The molecule has 1 aromatic carbocycles. The van der Waals surface area contributed by atoms with E-state index >= 15 is 0 Å². The molecule has 2 rings (SSSR count). The molecule has 1 N–H and O–H groups in total. The normalized spacial score (nSPS) is 10.8. The van der Waals surface area contributed by atoms with E-state index < -0.39 is 31.3 Å². The zero-order valence-electron chi connectivity index (χ0n) is 12.7. The molecule has 0 saturated heterocycles. The van der Waals surface area contributed by atoms with E-state index in [4.69, 9.17) is 4.74 Å². The summed E-state index contributed by atoms with van der Waals surface area (Å²) in [5.74, 6) is -1.65. The highest BCUT2D eigenvalue weighted by Gasteiger charge is 2.28. The molecule has 25 heavy (non-hydrogen) atoms. The minimum Gasteiger partial charge on any atom is -0.468 e. The molecule has 0 radical (unpaired) electrons. The maximum absolute atomic E-state index is 12.0. The Bertz CT molecular complexity index is 718. The standard InChI is InChI=1S/C16H13F3N2O4/c17-16(18,19)10-25-14-7-6-11(8-20-14)15(23)24-9-13(22)21-12-4-2-1-3-5-12/h1-8H,9-10H2,(H,21,22). The first kappa shape index (κ1) is 18.2. The van der Waals surface area contributed by atoms with Crippen LogP contribution in [-0.2, 0) is 9.53 Å². The van der Waals surface area contributed by atoms with Crippen LogP contribution in [0.25, 0.3) is 0 Å². The Labute approximate surface area is 140 Å². The summed E-state index contributed by atoms with van der Waals surface area (Å²) in [6.07, 6.45) is -3.48. The van der Waals surface area contributed by atoms with Crippen LogP contribution in [0, 0.1) is 0 Å². The Hall–Kier alpha value is -3.10. The highest BCUT2D eigenvalue weighted by atomic mass is 19.4. The van der Waals surface area contributed by atoms with E-state index in [9.17, 15) is 22.8 Å². The molecule has 9 heteroatoms. The predicted molar refractivity (Wildman–Crippen MR) is 81.1 cm³/mol. The zero-order valence-corrected chi connectivity index (χ0v) is 12.7. The smallest absolute Gasteiger partial charge is 0.422 e. The Balaban J connectivity index is 1.81. The maximum atomic E-state index is 12.0. The number of ether oxygens (including phenoxy) is 2. The van der Waals surface area contributed by atoms with Crippen LogP contribution in [0.2, 0.25) is 0 Å². The fourth-order valence-electron chi connectivity index (χ4n) is 1.68. The second-order valence-electron chi connectivity index (χ2n) is 4.78. The molecule has 0 aliphatic heterocycles. The third-order valence-electron chi connectivity index (χ3n) is 2.75. The molecule has 0 spiro atoms. The lowest BCUT2D eigenvalue weighted by molar-refractivity contribution is -0.154. The number of nitrogens with one attached hydrogen (secondary N) is 1. The van der Waals surface area contributed by atoms with E-state index in [1.54, 1.807) is 30.3 Å². The van der Waals surface area contributed by atoms with Crippen molar-refractivity contribution in [3.05, 3.63) is 54.2 Å². The van der Waals surface area contributed by atoms with Gasteiger partial charge in [0.25, 0.3) is 5.91 Å². The lowest BCUT2D eigenvalue weighted by Gasteiger charge is -2.09. The number of halogens is 3. The van der Waals surface area contributed by atoms with Crippen molar-refractivity contribution in [3.8, 4) is 5.88 Å². The third kappa shape index (κ3) is 6.50. The highest BCUT2D eigenvalue weighted by Crippen LogP contribution is 2.17. The summed E-state index contributed by atoms with van der Waals surface area (Å²) in [5.41, 5.74) is 0.531. The van der Waals surface area contributed by atoms with E-state index in [0.29, 0.717) is 5.69 Å². The van der Waals surface area contributed by atoms with Gasteiger partial charge in [-0.15, -0.1) is 0 Å². The van der Waals surface area contributed by atoms with Gasteiger partial charge in [0.15, 0.2) is 13.2 Å². The van der Waals surface area contributed by atoms with Crippen LogP contribution in [0.5, 0.6) is 5.88 Å². The number of para-hydroxylation sites is 1. The second kappa shape index (κ2) is 8.13. The van der Waals surface area contributed by atoms with Gasteiger partial charge in [0.1, 0.15) is 0 Å². The molecule has 2 aromatic rings. The van der Waals surface area contributed by atoms with Gasteiger partial charge < -0.3 is 14.8 Å². The van der Waals surface area contributed by atoms with Crippen LogP contribution in [-0.4, -0.2) is 36.3 Å². The van der Waals surface area contributed by atoms with Crippen molar-refractivity contribution in [1.82, 2.24) is 4.98 Å². The molecule has 0 aliphatic carbocycles. The number of anilines is 1. The number of hydrogen-bond donors (Lipinski definition) is 1. The van der Waals surface area contributed by atoms with E-state index in [1.807, 2.05) is 0 Å². The number of benzene rings is 1. The van der Waals surface area contributed by atoms with E-state index in [0.717, 1.165) is 12.3 Å². The van der Waals surface area contributed by atoms with Gasteiger partial charge in [-0.05, 0) is 18.2 Å². The summed E-state index contributed by atoms with van der Waals surface area (Å²) in [7, 11) is 0. The average Bonchev–Trinajstić information content (AvgIpc) is 2.58. The number of alkyl halides is 3. The Kier molecular flexibility index (Phi) is 5.93. The molecule has 0 atom stereocenters. The number of carbonyl (C=O) groups excluding carboxylic acids is 2. The van der Waals surface area contributed by atoms with Gasteiger partial charge in [-0.25, -0.2) is 9.78 Å². The lowest BCUT2D eigenvalue weighted by atomic mass is 10.3. The van der Waals surface area contributed by atoms with Crippen LogP contribution in [0.1, 0.15) is 10.4 Å². The number of rotatable bonds is 6. The quantitative estimate of drug-likeness (QED) is 0.807. The van der Waals surface area contributed by atoms with E-state index in [2.05, 4.69) is 15.0 Å². The van der Waals surface area contributed by atoms with Crippen LogP contribution in [0.15, 0.2) is 48.7 Å². The number of carbonyl (C=O) groups is 2. The minimum atomic E-state index is -4.48. The van der Waals surface area contributed by atoms with Crippen molar-refractivity contribution in [2.75, 3.05) is 18.5 Å². The minimum absolute atomic E-state index is 0.0214. The van der Waals surface area contributed by atoms with Gasteiger partial charge in [0.2, 0.25) is 5.88 Å². The first-order chi connectivity index (χ1) is 11.8. The molecular weight excluding hydrogens is 341 g/mol. The Morgan fingerprint density at radius 3 is 2.40 bits per heavy atom. The Morgan fingerprint density at radius 2 is 1.80 bits per heavy atom. The van der Waals surface area contributed by atoms with Gasteiger partial charge in [-0.3, -0.25) is 4.79 Å². The number of amides is 1. The van der Waals surface area contributed by atoms with E-state index in [-0.39, 0.29) is 11.4 Å². The Morgan fingerprint density at radius 1 is 1.08 bits per heavy atom. The van der Waals surface area contributed by atoms with Crippen LogP contribution in [0.3, 0.4) is 0 Å².